The molecule has 4 heteroatoms. The second-order valence-corrected chi connectivity index (χ2v) is 15.3. The molecule has 0 atom stereocenters. The minimum absolute atomic E-state index is 0.826. The van der Waals surface area contributed by atoms with Crippen molar-refractivity contribution in [2.45, 2.75) is 26.9 Å². The van der Waals surface area contributed by atoms with Crippen molar-refractivity contribution in [3.63, 3.8) is 0 Å². The van der Waals surface area contributed by atoms with Crippen molar-refractivity contribution in [1.82, 2.24) is 0 Å². The third-order valence-electron chi connectivity index (χ3n) is 5.24. The Morgan fingerprint density at radius 1 is 0.692 bits per heavy atom. The molecule has 130 valence electrons. The molecular formula is C22H22Cl2SiZr+2. The van der Waals surface area contributed by atoms with Crippen molar-refractivity contribution in [3.05, 3.63) is 108 Å². The van der Waals surface area contributed by atoms with Gasteiger partial charge in [0.25, 0.3) is 0 Å². The fourth-order valence-electron chi connectivity index (χ4n) is 4.52. The van der Waals surface area contributed by atoms with Crippen LogP contribution in [0.5, 0.6) is 0 Å². The zero-order valence-electron chi connectivity index (χ0n) is 15.5. The van der Waals surface area contributed by atoms with Crippen LogP contribution in [-0.2, 0) is 20.8 Å². The van der Waals surface area contributed by atoms with Crippen molar-refractivity contribution >= 4 is 25.1 Å². The Morgan fingerprint density at radius 2 is 1.04 bits per heavy atom. The molecule has 0 bridgehead atoms. The number of hydrogen-bond acceptors (Lipinski definition) is 0. The Balaban J connectivity index is 0.000000613. The molecule has 0 nitrogen and oxygen atoms in total. The number of hydrogen-bond donors (Lipinski definition) is 0. The molecule has 0 unspecified atom stereocenters. The molecule has 0 aliphatic heterocycles. The summed E-state index contributed by atoms with van der Waals surface area (Å²) >= 11 is -0.826. The van der Waals surface area contributed by atoms with Crippen molar-refractivity contribution in [1.29, 1.82) is 0 Å². The van der Waals surface area contributed by atoms with Crippen LogP contribution in [0, 0.1) is 59.4 Å². The summed E-state index contributed by atoms with van der Waals surface area (Å²) in [6.07, 6.45) is 22.4. The van der Waals surface area contributed by atoms with E-state index in [0.717, 1.165) is 0 Å². The summed E-state index contributed by atoms with van der Waals surface area (Å²) in [5.74, 6) is 8.57. The Kier molecular flexibility index (Phi) is 7.37. The molecular weight excluding hydrogens is 454 g/mol. The van der Waals surface area contributed by atoms with E-state index >= 15 is 0 Å². The second-order valence-electron chi connectivity index (χ2n) is 7.28. The molecule has 0 aromatic heterocycles. The van der Waals surface area contributed by atoms with Crippen LogP contribution < -0.4 is 0 Å². The fourth-order valence-corrected chi connectivity index (χ4v) is 8.69. The van der Waals surface area contributed by atoms with Gasteiger partial charge in [0, 0.05) is 23.7 Å². The predicted octanol–water partition coefficient (Wildman–Crippen LogP) is 6.47. The van der Waals surface area contributed by atoms with Crippen LogP contribution in [0.3, 0.4) is 0 Å². The van der Waals surface area contributed by atoms with Crippen LogP contribution in [0.1, 0.15) is 13.8 Å². The molecule has 0 amide bonds. The summed E-state index contributed by atoms with van der Waals surface area (Å²) in [4.78, 5) is 0. The zero-order valence-corrected chi connectivity index (χ0v) is 20.5. The minimum atomic E-state index is -1.77. The van der Waals surface area contributed by atoms with Crippen LogP contribution in [0.25, 0.3) is 0 Å². The van der Waals surface area contributed by atoms with Crippen LogP contribution >= 0.6 is 17.0 Å². The van der Waals surface area contributed by atoms with Gasteiger partial charge in [-0.15, -0.1) is 0 Å². The first-order valence-corrected chi connectivity index (χ1v) is 18.0. The average Bonchev–Trinajstić information content (AvgIpc) is 3.11. The maximum atomic E-state index is 4.93. The SMILES string of the molecule is C[C]1[CH][C]2C=CC=C[C]2[C]1[Si](C)(C)[C]1[C](C)[CH][C]2C=CC=C[C]21.[Cl][Zr+2][Cl]. The van der Waals surface area contributed by atoms with E-state index in [1.54, 1.807) is 11.1 Å². The summed E-state index contributed by atoms with van der Waals surface area (Å²) in [7, 11) is 8.10. The summed E-state index contributed by atoms with van der Waals surface area (Å²) in [6.45, 7) is 9.59. The van der Waals surface area contributed by atoms with Crippen LogP contribution in [0.4, 0.5) is 0 Å². The molecule has 4 aliphatic carbocycles. The topological polar surface area (TPSA) is 0 Å². The third-order valence-corrected chi connectivity index (χ3v) is 9.07. The molecule has 0 heterocycles. The first-order valence-electron chi connectivity index (χ1n) is 8.69. The molecule has 2 saturated carbocycles. The standard InChI is InChI=1S/C22H22Si.2ClH.Zr/c1-15-13-17-9-5-7-11-19(17)21(15)23(3,4)22-16(2)14-18-10-6-8-12-20(18)22;;;/h5-14H,1-4H3;2*1H;/q;;;+4/p-2. The van der Waals surface area contributed by atoms with Gasteiger partial charge in [-0.3, -0.25) is 0 Å². The van der Waals surface area contributed by atoms with Gasteiger partial charge >= 0.3 is 37.9 Å². The molecule has 4 rings (SSSR count). The van der Waals surface area contributed by atoms with E-state index in [1.807, 2.05) is 0 Å². The first kappa shape index (κ1) is 21.4. The number of halogens is 2. The van der Waals surface area contributed by atoms with Gasteiger partial charge in [-0.25, -0.2) is 0 Å². The second kappa shape index (κ2) is 8.98. The van der Waals surface area contributed by atoms with Crippen LogP contribution in [0.15, 0.2) is 48.6 Å². The van der Waals surface area contributed by atoms with Crippen molar-refractivity contribution in [2.24, 2.45) is 0 Å². The molecule has 0 spiro atoms. The molecule has 0 N–H and O–H groups in total. The fraction of sp³-hybridized carbons (Fsp3) is 0.182. The molecule has 0 aromatic rings. The maximum absolute atomic E-state index is 4.93. The van der Waals surface area contributed by atoms with Gasteiger partial charge in [0.15, 0.2) is 0 Å². The average molecular weight is 477 g/mol. The molecule has 0 saturated heterocycles. The van der Waals surface area contributed by atoms with Crippen LogP contribution in [-0.4, -0.2) is 8.07 Å². The van der Waals surface area contributed by atoms with E-state index in [-0.39, 0.29) is 0 Å². The van der Waals surface area contributed by atoms with E-state index in [4.69, 9.17) is 17.0 Å². The van der Waals surface area contributed by atoms with Gasteiger partial charge in [0.1, 0.15) is 0 Å². The number of allylic oxidation sites excluding steroid dienone is 8. The van der Waals surface area contributed by atoms with Gasteiger partial charge in [-0.05, 0) is 35.8 Å². The summed E-state index contributed by atoms with van der Waals surface area (Å²) in [5, 5.41) is 0. The summed E-state index contributed by atoms with van der Waals surface area (Å²) < 4.78 is 0. The van der Waals surface area contributed by atoms with E-state index in [2.05, 4.69) is 88.4 Å². The molecule has 2 fully saturated rings. The van der Waals surface area contributed by atoms with Crippen molar-refractivity contribution in [2.75, 3.05) is 0 Å². The molecule has 4 aliphatic rings. The molecule has 0 aromatic carbocycles. The Hall–Kier alpha value is 0.640. The molecule has 10 radical (unpaired) electrons. The van der Waals surface area contributed by atoms with Crippen molar-refractivity contribution < 1.29 is 20.8 Å². The first-order chi connectivity index (χ1) is 12.4. The van der Waals surface area contributed by atoms with Gasteiger partial charge in [-0.1, -0.05) is 75.5 Å². The monoisotopic (exact) mass is 474 g/mol. The zero-order chi connectivity index (χ0) is 18.9. The van der Waals surface area contributed by atoms with E-state index in [9.17, 15) is 0 Å². The van der Waals surface area contributed by atoms with Gasteiger partial charge in [-0.2, -0.15) is 0 Å². The Labute approximate surface area is 179 Å². The van der Waals surface area contributed by atoms with Crippen molar-refractivity contribution in [3.8, 4) is 0 Å². The number of rotatable bonds is 2. The van der Waals surface area contributed by atoms with E-state index in [0.29, 0.717) is 0 Å². The number of fused-ring (bicyclic) bond motifs is 2. The van der Waals surface area contributed by atoms with E-state index < -0.39 is 28.9 Å². The Morgan fingerprint density at radius 3 is 1.42 bits per heavy atom. The summed E-state index contributed by atoms with van der Waals surface area (Å²) in [5.41, 5.74) is 3.21. The van der Waals surface area contributed by atoms with E-state index in [1.165, 1.54) is 35.5 Å². The summed E-state index contributed by atoms with van der Waals surface area (Å²) in [6, 6.07) is 0. The third kappa shape index (κ3) is 4.00. The quantitative estimate of drug-likeness (QED) is 0.401. The predicted molar refractivity (Wildman–Crippen MR) is 112 cm³/mol. The molecule has 26 heavy (non-hydrogen) atoms. The van der Waals surface area contributed by atoms with Gasteiger partial charge < -0.3 is 0 Å². The Bertz CT molecular complexity index is 559. The normalized spacial score (nSPS) is 26.1. The van der Waals surface area contributed by atoms with Gasteiger partial charge in [0.2, 0.25) is 0 Å². The van der Waals surface area contributed by atoms with Gasteiger partial charge in [0.05, 0.1) is 8.07 Å². The van der Waals surface area contributed by atoms with Crippen LogP contribution in [0.2, 0.25) is 13.1 Å².